The minimum Gasteiger partial charge on any atom is -0.310 e. The molecule has 0 atom stereocenters. The van der Waals surface area contributed by atoms with Crippen LogP contribution in [0.2, 0.25) is 0 Å². The highest BCUT2D eigenvalue weighted by Gasteiger charge is 2.51. The quantitative estimate of drug-likeness (QED) is 0.173. The van der Waals surface area contributed by atoms with Gasteiger partial charge in [0.25, 0.3) is 0 Å². The van der Waals surface area contributed by atoms with Crippen LogP contribution in [0.1, 0.15) is 38.9 Å². The van der Waals surface area contributed by atoms with Gasteiger partial charge in [-0.25, -0.2) is 0 Å². The zero-order valence-electron chi connectivity index (χ0n) is 33.9. The summed E-state index contributed by atoms with van der Waals surface area (Å²) in [5.74, 6) is 0. The first-order chi connectivity index (χ1) is 29.0. The summed E-state index contributed by atoms with van der Waals surface area (Å²) in [6.45, 7) is 6.30. The Balaban J connectivity index is 0.000000272. The Hall–Kier alpha value is -7.22. The molecule has 9 aromatic rings. The van der Waals surface area contributed by atoms with Crippen LogP contribution >= 0.6 is 0 Å². The maximum absolute atomic E-state index is 2.43. The molecule has 0 radical (unpaired) electrons. The fourth-order valence-corrected chi connectivity index (χ4v) is 8.84. The fourth-order valence-electron chi connectivity index (χ4n) is 8.84. The fraction of sp³-hybridized carbons (Fsp3) is 0.0690. The van der Waals surface area contributed by atoms with Crippen LogP contribution in [0.15, 0.2) is 231 Å². The molecule has 11 rings (SSSR count). The van der Waals surface area contributed by atoms with E-state index in [0.717, 1.165) is 0 Å². The zero-order chi connectivity index (χ0) is 40.2. The Bertz CT molecular complexity index is 2750. The second-order valence-corrected chi connectivity index (χ2v) is 15.5. The highest BCUT2D eigenvalue weighted by atomic mass is 15.2. The molecule has 1 aliphatic carbocycles. The van der Waals surface area contributed by atoms with Crippen molar-refractivity contribution in [1.82, 2.24) is 0 Å². The third-order valence-corrected chi connectivity index (χ3v) is 11.6. The molecule has 0 bridgehead atoms. The lowest BCUT2D eigenvalue weighted by Gasteiger charge is -2.45. The maximum atomic E-state index is 2.43. The molecule has 1 aliphatic heterocycles. The van der Waals surface area contributed by atoms with Gasteiger partial charge < -0.3 is 4.90 Å². The minimum absolute atomic E-state index is 0.424. The van der Waals surface area contributed by atoms with Gasteiger partial charge >= 0.3 is 0 Å². The third kappa shape index (κ3) is 7.06. The first kappa shape index (κ1) is 37.4. The van der Waals surface area contributed by atoms with Gasteiger partial charge in [-0.15, -0.1) is 0 Å². The number of rotatable bonds is 3. The van der Waals surface area contributed by atoms with E-state index in [1.807, 2.05) is 36.4 Å². The summed E-state index contributed by atoms with van der Waals surface area (Å²) in [6, 6.07) is 83.2. The molecule has 2 aliphatic rings. The highest BCUT2D eigenvalue weighted by Crippen LogP contribution is 2.63. The smallest absolute Gasteiger partial charge is 0.0754 e. The van der Waals surface area contributed by atoms with Crippen molar-refractivity contribution in [1.29, 1.82) is 0 Å². The Kier molecular flexibility index (Phi) is 10.3. The van der Waals surface area contributed by atoms with Crippen LogP contribution in [0.4, 0.5) is 17.1 Å². The van der Waals surface area contributed by atoms with Crippen molar-refractivity contribution in [2.45, 2.75) is 26.2 Å². The average molecular weight is 758 g/mol. The lowest BCUT2D eigenvalue weighted by molar-refractivity contribution is 0.753. The molecule has 0 unspecified atom stereocenters. The van der Waals surface area contributed by atoms with Gasteiger partial charge in [0.2, 0.25) is 0 Å². The van der Waals surface area contributed by atoms with E-state index in [2.05, 4.69) is 220 Å². The molecule has 1 heterocycles. The summed E-state index contributed by atoms with van der Waals surface area (Å²) in [5, 5.41) is 0. The monoisotopic (exact) mass is 757 g/mol. The zero-order valence-corrected chi connectivity index (χ0v) is 33.9. The standard InChI is InChI=1S/C44H31N.2C7H8/c1-30-22-24-31(25-23-30)32-12-11-13-33(28-32)34-26-27-39-37(29-34)36-16-5-6-17-38(36)44(39)40-18-7-9-20-42(40)45(35-14-3-2-4-15-35)43-21-10-8-19-41(43)44;2*1-7-5-3-2-4-6-7/h2-29H,1H3;2*2-6H,1H3. The molecule has 0 N–H and O–H groups in total. The largest absolute Gasteiger partial charge is 0.310 e. The van der Waals surface area contributed by atoms with Gasteiger partial charge in [0, 0.05) is 5.69 Å². The number of fused-ring (bicyclic) bond motifs is 9. The molecule has 0 saturated heterocycles. The Morgan fingerprint density at radius 2 is 0.712 bits per heavy atom. The average Bonchev–Trinajstić information content (AvgIpc) is 3.58. The minimum atomic E-state index is -0.424. The molecule has 0 amide bonds. The van der Waals surface area contributed by atoms with Gasteiger partial charge in [-0.1, -0.05) is 211 Å². The number of benzene rings is 9. The highest BCUT2D eigenvalue weighted by molar-refractivity contribution is 5.96. The van der Waals surface area contributed by atoms with Crippen molar-refractivity contribution in [3.05, 3.63) is 269 Å². The predicted molar refractivity (Wildman–Crippen MR) is 250 cm³/mol. The van der Waals surface area contributed by atoms with Crippen molar-refractivity contribution < 1.29 is 0 Å². The summed E-state index contributed by atoms with van der Waals surface area (Å²) in [5.41, 5.74) is 20.0. The third-order valence-electron chi connectivity index (χ3n) is 11.6. The van der Waals surface area contributed by atoms with Gasteiger partial charge in [-0.2, -0.15) is 0 Å². The molecule has 284 valence electrons. The van der Waals surface area contributed by atoms with E-state index in [-0.39, 0.29) is 0 Å². The molecule has 0 fully saturated rings. The van der Waals surface area contributed by atoms with E-state index in [1.54, 1.807) is 0 Å². The number of hydrogen-bond acceptors (Lipinski definition) is 1. The Morgan fingerprint density at radius 1 is 0.288 bits per heavy atom. The van der Waals surface area contributed by atoms with Crippen LogP contribution in [0.3, 0.4) is 0 Å². The van der Waals surface area contributed by atoms with Crippen LogP contribution in [0.25, 0.3) is 33.4 Å². The summed E-state index contributed by atoms with van der Waals surface area (Å²) in [7, 11) is 0. The van der Waals surface area contributed by atoms with Crippen LogP contribution in [-0.2, 0) is 5.41 Å². The van der Waals surface area contributed by atoms with E-state index in [9.17, 15) is 0 Å². The molecule has 1 spiro atoms. The van der Waals surface area contributed by atoms with Gasteiger partial charge in [0.15, 0.2) is 0 Å². The topological polar surface area (TPSA) is 3.24 Å². The van der Waals surface area contributed by atoms with E-state index in [4.69, 9.17) is 0 Å². The van der Waals surface area contributed by atoms with E-state index >= 15 is 0 Å². The molecular formula is C58H47N. The SMILES string of the molecule is Cc1ccc(-c2cccc(-c3ccc4c(c3)-c3ccccc3C43c4ccccc4N(c4ccccc4)c4ccccc43)c2)cc1.Cc1ccccc1.Cc1ccccc1. The Morgan fingerprint density at radius 3 is 1.27 bits per heavy atom. The summed E-state index contributed by atoms with van der Waals surface area (Å²) < 4.78 is 0. The van der Waals surface area contributed by atoms with Gasteiger partial charge in [-0.05, 0) is 113 Å². The predicted octanol–water partition coefficient (Wildman–Crippen LogP) is 15.5. The number of para-hydroxylation sites is 3. The number of hydrogen-bond donors (Lipinski definition) is 0. The van der Waals surface area contributed by atoms with Crippen LogP contribution < -0.4 is 4.90 Å². The molecule has 0 saturated carbocycles. The molecule has 1 heteroatoms. The van der Waals surface area contributed by atoms with E-state index in [1.165, 1.54) is 89.4 Å². The molecule has 0 aromatic heterocycles. The van der Waals surface area contributed by atoms with Gasteiger partial charge in [-0.3, -0.25) is 0 Å². The van der Waals surface area contributed by atoms with Gasteiger partial charge in [0.1, 0.15) is 0 Å². The van der Waals surface area contributed by atoms with Crippen molar-refractivity contribution in [2.24, 2.45) is 0 Å². The second kappa shape index (κ2) is 16.3. The first-order valence-corrected chi connectivity index (χ1v) is 20.5. The van der Waals surface area contributed by atoms with Crippen LogP contribution in [0, 0.1) is 20.8 Å². The molecule has 59 heavy (non-hydrogen) atoms. The summed E-state index contributed by atoms with van der Waals surface area (Å²) in [6.07, 6.45) is 0. The molecular weight excluding hydrogens is 711 g/mol. The van der Waals surface area contributed by atoms with Gasteiger partial charge in [0.05, 0.1) is 16.8 Å². The number of anilines is 3. The van der Waals surface area contributed by atoms with Crippen molar-refractivity contribution >= 4 is 17.1 Å². The van der Waals surface area contributed by atoms with Crippen LogP contribution in [-0.4, -0.2) is 0 Å². The number of nitrogens with zero attached hydrogens (tertiary/aromatic N) is 1. The number of aryl methyl sites for hydroxylation is 3. The molecule has 9 aromatic carbocycles. The summed E-state index contributed by atoms with van der Waals surface area (Å²) >= 11 is 0. The van der Waals surface area contributed by atoms with Crippen molar-refractivity contribution in [3.8, 4) is 33.4 Å². The van der Waals surface area contributed by atoms with E-state index < -0.39 is 5.41 Å². The molecule has 1 nitrogen and oxygen atoms in total. The van der Waals surface area contributed by atoms with E-state index in [0.29, 0.717) is 0 Å². The second-order valence-electron chi connectivity index (χ2n) is 15.5. The summed E-state index contributed by atoms with van der Waals surface area (Å²) in [4.78, 5) is 2.43. The first-order valence-electron chi connectivity index (χ1n) is 20.5. The lowest BCUT2D eigenvalue weighted by Crippen LogP contribution is -2.36. The van der Waals surface area contributed by atoms with Crippen LogP contribution in [0.5, 0.6) is 0 Å². The maximum Gasteiger partial charge on any atom is 0.0754 e. The normalized spacial score (nSPS) is 12.4. The van der Waals surface area contributed by atoms with Crippen molar-refractivity contribution in [2.75, 3.05) is 4.90 Å². The van der Waals surface area contributed by atoms with Crippen molar-refractivity contribution in [3.63, 3.8) is 0 Å². The lowest BCUT2D eigenvalue weighted by atomic mass is 9.64. The Labute approximate surface area is 349 Å².